The van der Waals surface area contributed by atoms with Gasteiger partial charge in [-0.1, -0.05) is 24.3 Å². The van der Waals surface area contributed by atoms with Crippen LogP contribution in [0.5, 0.6) is 0 Å². The number of halogens is 2. The third-order valence-electron chi connectivity index (χ3n) is 2.99. The third kappa shape index (κ3) is 3.35. The summed E-state index contributed by atoms with van der Waals surface area (Å²) in [6.45, 7) is -0.0110. The zero-order valence-electron chi connectivity index (χ0n) is 11.3. The number of benzene rings is 2. The van der Waals surface area contributed by atoms with Crippen LogP contribution in [0.3, 0.4) is 0 Å². The Morgan fingerprint density at radius 1 is 1.18 bits per heavy atom. The van der Waals surface area contributed by atoms with E-state index in [1.165, 1.54) is 16.9 Å². The van der Waals surface area contributed by atoms with E-state index >= 15 is 0 Å². The van der Waals surface area contributed by atoms with E-state index in [0.29, 0.717) is 11.1 Å². The molecule has 0 atom stereocenters. The molecule has 0 unspecified atom stereocenters. The SMILES string of the molecule is O=C(Cn1nnc(-c2cccc(F)c2)n1)c1ccc(I)cc1. The second-order valence-corrected chi connectivity index (χ2v) is 5.83. The molecule has 0 spiro atoms. The number of rotatable bonds is 4. The standard InChI is InChI=1S/C15H10FIN4O/c16-12-3-1-2-11(8-12)15-18-20-21(19-15)9-14(22)10-4-6-13(17)7-5-10/h1-8H,9H2. The smallest absolute Gasteiger partial charge is 0.205 e. The van der Waals surface area contributed by atoms with Crippen molar-refractivity contribution in [2.75, 3.05) is 0 Å². The van der Waals surface area contributed by atoms with Gasteiger partial charge in [0, 0.05) is 14.7 Å². The van der Waals surface area contributed by atoms with E-state index < -0.39 is 0 Å². The molecule has 0 saturated carbocycles. The average Bonchev–Trinajstić information content (AvgIpc) is 2.96. The Labute approximate surface area is 139 Å². The van der Waals surface area contributed by atoms with Crippen molar-refractivity contribution in [1.82, 2.24) is 20.2 Å². The Bertz CT molecular complexity index is 816. The Balaban J connectivity index is 1.77. The van der Waals surface area contributed by atoms with Crippen LogP contribution in [0.1, 0.15) is 10.4 Å². The van der Waals surface area contributed by atoms with Gasteiger partial charge in [-0.3, -0.25) is 4.79 Å². The molecule has 2 aromatic carbocycles. The quantitative estimate of drug-likeness (QED) is 0.492. The molecule has 0 radical (unpaired) electrons. The van der Waals surface area contributed by atoms with Crippen LogP contribution >= 0.6 is 22.6 Å². The molecule has 0 bridgehead atoms. The summed E-state index contributed by atoms with van der Waals surface area (Å²) in [5.74, 6) is -0.196. The summed E-state index contributed by atoms with van der Waals surface area (Å²) >= 11 is 2.17. The number of ketones is 1. The van der Waals surface area contributed by atoms with Gasteiger partial charge in [-0.2, -0.15) is 4.80 Å². The van der Waals surface area contributed by atoms with Crippen molar-refractivity contribution >= 4 is 28.4 Å². The van der Waals surface area contributed by atoms with Crippen LogP contribution in [0.25, 0.3) is 11.4 Å². The molecule has 22 heavy (non-hydrogen) atoms. The maximum atomic E-state index is 13.2. The first kappa shape index (κ1) is 14.8. The fraction of sp³-hybridized carbons (Fsp3) is 0.0667. The van der Waals surface area contributed by atoms with E-state index in [1.54, 1.807) is 24.3 Å². The molecule has 5 nitrogen and oxygen atoms in total. The largest absolute Gasteiger partial charge is 0.292 e. The first-order chi connectivity index (χ1) is 10.6. The van der Waals surface area contributed by atoms with Gasteiger partial charge in [-0.05, 0) is 52.1 Å². The van der Waals surface area contributed by atoms with Crippen LogP contribution in [-0.2, 0) is 6.54 Å². The van der Waals surface area contributed by atoms with Crippen molar-refractivity contribution in [1.29, 1.82) is 0 Å². The Morgan fingerprint density at radius 3 is 2.68 bits per heavy atom. The molecule has 110 valence electrons. The van der Waals surface area contributed by atoms with Gasteiger partial charge < -0.3 is 0 Å². The molecule has 3 aromatic rings. The number of carbonyl (C=O) groups excluding carboxylic acids is 1. The highest BCUT2D eigenvalue weighted by Gasteiger charge is 2.11. The Kier molecular flexibility index (Phi) is 4.23. The predicted octanol–water partition coefficient (Wildman–Crippen LogP) is 2.97. The summed E-state index contributed by atoms with van der Waals surface area (Å²) in [5, 5.41) is 11.8. The van der Waals surface area contributed by atoms with Crippen LogP contribution in [0.15, 0.2) is 48.5 Å². The van der Waals surface area contributed by atoms with Gasteiger partial charge in [0.2, 0.25) is 5.82 Å². The van der Waals surface area contributed by atoms with Crippen LogP contribution in [0.4, 0.5) is 4.39 Å². The molecular formula is C15H10FIN4O. The maximum absolute atomic E-state index is 13.2. The lowest BCUT2D eigenvalue weighted by Crippen LogP contribution is -2.13. The topological polar surface area (TPSA) is 60.7 Å². The monoisotopic (exact) mass is 408 g/mol. The van der Waals surface area contributed by atoms with Gasteiger partial charge in [0.15, 0.2) is 5.78 Å². The lowest BCUT2D eigenvalue weighted by Gasteiger charge is -2.00. The Hall–Kier alpha value is -2.16. The number of hydrogen-bond acceptors (Lipinski definition) is 4. The van der Waals surface area contributed by atoms with Crippen molar-refractivity contribution in [3.05, 3.63) is 63.5 Å². The number of aromatic nitrogens is 4. The third-order valence-corrected chi connectivity index (χ3v) is 3.71. The summed E-state index contributed by atoms with van der Waals surface area (Å²) in [6, 6.07) is 13.2. The number of tetrazole rings is 1. The number of Topliss-reactive ketones (excluding diaryl/α,β-unsaturated/α-hetero) is 1. The van der Waals surface area contributed by atoms with Gasteiger partial charge in [-0.25, -0.2) is 4.39 Å². The first-order valence-electron chi connectivity index (χ1n) is 6.44. The van der Waals surface area contributed by atoms with Crippen molar-refractivity contribution < 1.29 is 9.18 Å². The normalized spacial score (nSPS) is 10.6. The van der Waals surface area contributed by atoms with E-state index in [4.69, 9.17) is 0 Å². The van der Waals surface area contributed by atoms with Gasteiger partial charge in [0.1, 0.15) is 12.4 Å². The van der Waals surface area contributed by atoms with Gasteiger partial charge in [0.05, 0.1) is 0 Å². The molecule has 0 saturated heterocycles. The van der Waals surface area contributed by atoms with Crippen molar-refractivity contribution in [3.63, 3.8) is 0 Å². The van der Waals surface area contributed by atoms with Crippen molar-refractivity contribution in [2.45, 2.75) is 6.54 Å². The fourth-order valence-electron chi connectivity index (χ4n) is 1.91. The molecule has 0 aliphatic heterocycles. The van der Waals surface area contributed by atoms with E-state index in [2.05, 4.69) is 38.0 Å². The average molecular weight is 408 g/mol. The lowest BCUT2D eigenvalue weighted by atomic mass is 10.1. The zero-order valence-corrected chi connectivity index (χ0v) is 13.4. The predicted molar refractivity (Wildman–Crippen MR) is 86.7 cm³/mol. The molecule has 3 rings (SSSR count). The van der Waals surface area contributed by atoms with E-state index in [9.17, 15) is 9.18 Å². The second-order valence-electron chi connectivity index (χ2n) is 4.58. The minimum Gasteiger partial charge on any atom is -0.292 e. The minimum absolute atomic E-state index is 0.0110. The van der Waals surface area contributed by atoms with Crippen LogP contribution in [0.2, 0.25) is 0 Å². The molecule has 7 heteroatoms. The molecular weight excluding hydrogens is 398 g/mol. The highest BCUT2D eigenvalue weighted by atomic mass is 127. The zero-order chi connectivity index (χ0) is 15.5. The fourth-order valence-corrected chi connectivity index (χ4v) is 2.27. The first-order valence-corrected chi connectivity index (χ1v) is 7.52. The molecule has 0 amide bonds. The molecule has 0 aliphatic carbocycles. The van der Waals surface area contributed by atoms with E-state index in [1.807, 2.05) is 12.1 Å². The summed E-state index contributed by atoms with van der Waals surface area (Å²) in [7, 11) is 0. The molecule has 0 fully saturated rings. The van der Waals surface area contributed by atoms with Gasteiger partial charge in [-0.15, -0.1) is 10.2 Å². The number of nitrogens with zero attached hydrogens (tertiary/aromatic N) is 4. The minimum atomic E-state index is -0.371. The summed E-state index contributed by atoms with van der Waals surface area (Å²) < 4.78 is 14.2. The van der Waals surface area contributed by atoms with Crippen LogP contribution < -0.4 is 0 Å². The van der Waals surface area contributed by atoms with Crippen molar-refractivity contribution in [2.24, 2.45) is 0 Å². The summed E-state index contributed by atoms with van der Waals surface area (Å²) in [6.07, 6.45) is 0. The number of carbonyl (C=O) groups is 1. The molecule has 1 heterocycles. The molecule has 1 aromatic heterocycles. The summed E-state index contributed by atoms with van der Waals surface area (Å²) in [4.78, 5) is 13.3. The summed E-state index contributed by atoms with van der Waals surface area (Å²) in [5.41, 5.74) is 1.11. The molecule has 0 N–H and O–H groups in total. The van der Waals surface area contributed by atoms with E-state index in [-0.39, 0.29) is 24.0 Å². The van der Waals surface area contributed by atoms with Crippen LogP contribution in [-0.4, -0.2) is 26.0 Å². The van der Waals surface area contributed by atoms with Crippen molar-refractivity contribution in [3.8, 4) is 11.4 Å². The number of hydrogen-bond donors (Lipinski definition) is 0. The van der Waals surface area contributed by atoms with Gasteiger partial charge >= 0.3 is 0 Å². The van der Waals surface area contributed by atoms with E-state index in [0.717, 1.165) is 3.57 Å². The highest BCUT2D eigenvalue weighted by Crippen LogP contribution is 2.14. The van der Waals surface area contributed by atoms with Crippen LogP contribution in [0, 0.1) is 9.39 Å². The lowest BCUT2D eigenvalue weighted by molar-refractivity contribution is 0.0961. The maximum Gasteiger partial charge on any atom is 0.205 e. The molecule has 0 aliphatic rings. The second kappa shape index (κ2) is 6.30. The van der Waals surface area contributed by atoms with Gasteiger partial charge in [0.25, 0.3) is 0 Å². The Morgan fingerprint density at radius 2 is 1.95 bits per heavy atom. The highest BCUT2D eigenvalue weighted by molar-refractivity contribution is 14.1.